The minimum atomic E-state index is 0.273. The minimum Gasteiger partial charge on any atom is -0.295 e. The molecule has 0 unspecified atom stereocenters. The van der Waals surface area contributed by atoms with Gasteiger partial charge >= 0.3 is 0 Å². The second-order valence-electron chi connectivity index (χ2n) is 3.17. The first-order valence-electron chi connectivity index (χ1n) is 8.68. The zero-order chi connectivity index (χ0) is 17.5. The van der Waals surface area contributed by atoms with E-state index in [1.165, 1.54) is 0 Å². The van der Waals surface area contributed by atoms with E-state index in [1.54, 1.807) is 12.2 Å². The van der Waals surface area contributed by atoms with E-state index in [0.29, 0.717) is 0 Å². The van der Waals surface area contributed by atoms with Gasteiger partial charge in [-0.05, 0) is 31.4 Å². The van der Waals surface area contributed by atoms with Crippen LogP contribution in [-0.4, -0.2) is 11.6 Å². The monoisotopic (exact) mass is 298 g/mol. The summed E-state index contributed by atoms with van der Waals surface area (Å²) in [6.45, 7) is 16.0. The quantitative estimate of drug-likeness (QED) is 0.525. The molecule has 0 N–H and O–H groups in total. The number of hydrogen-bond acceptors (Lipinski definition) is 2. The van der Waals surface area contributed by atoms with E-state index in [1.807, 2.05) is 67.5 Å². The van der Waals surface area contributed by atoms with Gasteiger partial charge in [0, 0.05) is 12.8 Å². The summed E-state index contributed by atoms with van der Waals surface area (Å²) in [5, 5.41) is 0. The molecule has 0 aromatic rings. The number of carbonyl (C=O) groups is 2. The van der Waals surface area contributed by atoms with E-state index < -0.39 is 0 Å². The van der Waals surface area contributed by atoms with Gasteiger partial charge in [-0.3, -0.25) is 9.59 Å². The minimum absolute atomic E-state index is 0.273. The van der Waals surface area contributed by atoms with Crippen molar-refractivity contribution in [3.05, 3.63) is 24.3 Å². The Bertz CT molecular complexity index is 250. The van der Waals surface area contributed by atoms with E-state index >= 15 is 0 Å². The van der Waals surface area contributed by atoms with Gasteiger partial charge in [-0.25, -0.2) is 0 Å². The van der Waals surface area contributed by atoms with Crippen LogP contribution in [0.2, 0.25) is 0 Å². The number of carbonyl (C=O) groups excluding carboxylic acids is 2. The smallest absolute Gasteiger partial charge is 0.155 e. The van der Waals surface area contributed by atoms with Crippen LogP contribution < -0.4 is 0 Å². The van der Waals surface area contributed by atoms with E-state index in [0.717, 1.165) is 32.1 Å². The highest BCUT2D eigenvalue weighted by Crippen LogP contribution is 2.04. The van der Waals surface area contributed by atoms with Crippen molar-refractivity contribution in [1.82, 2.24) is 0 Å². The van der Waals surface area contributed by atoms with Crippen LogP contribution in [-0.2, 0) is 9.59 Å². The van der Waals surface area contributed by atoms with Gasteiger partial charge in [-0.1, -0.05) is 67.5 Å². The van der Waals surface area contributed by atoms with Crippen molar-refractivity contribution in [3.8, 4) is 0 Å². The van der Waals surface area contributed by atoms with E-state index in [-0.39, 0.29) is 11.6 Å². The van der Waals surface area contributed by atoms with Crippen molar-refractivity contribution in [2.45, 2.75) is 87.5 Å². The lowest BCUT2D eigenvalue weighted by Crippen LogP contribution is -1.95. The average molecular weight is 299 g/mol. The van der Waals surface area contributed by atoms with Crippen LogP contribution >= 0.6 is 0 Å². The fourth-order valence-electron chi connectivity index (χ4n) is 1.22. The van der Waals surface area contributed by atoms with Crippen LogP contribution in [0.25, 0.3) is 0 Å². The maximum atomic E-state index is 10.4. The van der Waals surface area contributed by atoms with Gasteiger partial charge in [0.1, 0.15) is 0 Å². The summed E-state index contributed by atoms with van der Waals surface area (Å²) in [7, 11) is 0. The van der Waals surface area contributed by atoms with Crippen LogP contribution in [0.4, 0.5) is 0 Å². The van der Waals surface area contributed by atoms with Gasteiger partial charge in [0.15, 0.2) is 11.6 Å². The van der Waals surface area contributed by atoms with Crippen molar-refractivity contribution in [2.75, 3.05) is 0 Å². The molecule has 2 nitrogen and oxygen atoms in total. The van der Waals surface area contributed by atoms with Crippen LogP contribution in [0.15, 0.2) is 24.3 Å². The van der Waals surface area contributed by atoms with E-state index in [4.69, 9.17) is 0 Å². The molecule has 0 spiro atoms. The molecule has 126 valence electrons. The molecule has 2 heteroatoms. The highest BCUT2D eigenvalue weighted by molar-refractivity contribution is 5.91. The molecule has 0 heterocycles. The summed E-state index contributed by atoms with van der Waals surface area (Å²) in [5.74, 6) is 0.557. The van der Waals surface area contributed by atoms with Gasteiger partial charge < -0.3 is 0 Å². The Hall–Kier alpha value is -1.18. The van der Waals surface area contributed by atoms with Crippen LogP contribution in [0.1, 0.15) is 87.5 Å². The normalized spacial score (nSPS) is 13.5. The van der Waals surface area contributed by atoms with Gasteiger partial charge in [-0.2, -0.15) is 0 Å². The molecule has 0 fully saturated rings. The Morgan fingerprint density at radius 1 is 0.619 bits per heavy atom. The average Bonchev–Trinajstić information content (AvgIpc) is 3.07. The van der Waals surface area contributed by atoms with Crippen molar-refractivity contribution < 1.29 is 9.59 Å². The molecule has 0 aromatic carbocycles. The van der Waals surface area contributed by atoms with Crippen molar-refractivity contribution >= 4 is 11.6 Å². The molecular weight excluding hydrogens is 260 g/mol. The zero-order valence-corrected chi connectivity index (χ0v) is 15.7. The molecule has 2 aliphatic rings. The molecule has 0 aliphatic heterocycles. The zero-order valence-electron chi connectivity index (χ0n) is 15.7. The number of allylic oxidation sites excluding steroid dienone is 4. The standard InChI is InChI=1S/C6H8O.C5H6O.4C2H6/c7-6-4-2-1-3-5-6;6-5-3-1-2-4-5;4*1-2/h2,4H,1,3,5H2;1,3H,2,4H2;4*1-2H3. The van der Waals surface area contributed by atoms with Crippen molar-refractivity contribution in [2.24, 2.45) is 0 Å². The summed E-state index contributed by atoms with van der Waals surface area (Å²) in [5.41, 5.74) is 0. The lowest BCUT2D eigenvalue weighted by Gasteiger charge is -1.97. The third-order valence-corrected chi connectivity index (χ3v) is 1.96. The first-order chi connectivity index (χ1) is 10.3. The van der Waals surface area contributed by atoms with Crippen LogP contribution in [0.5, 0.6) is 0 Å². The largest absolute Gasteiger partial charge is 0.295 e. The molecule has 0 amide bonds. The first kappa shape index (κ1) is 28.0. The number of hydrogen-bond donors (Lipinski definition) is 0. The molecular formula is C19H38O2. The molecule has 0 radical (unpaired) electrons. The Kier molecular flexibility index (Phi) is 41.8. The highest BCUT2D eigenvalue weighted by atomic mass is 16.1. The summed E-state index contributed by atoms with van der Waals surface area (Å²) >= 11 is 0. The van der Waals surface area contributed by atoms with Gasteiger partial charge in [-0.15, -0.1) is 0 Å². The predicted molar refractivity (Wildman–Crippen MR) is 96.8 cm³/mol. The maximum absolute atomic E-state index is 10.4. The summed E-state index contributed by atoms with van der Waals surface area (Å²) in [6, 6.07) is 0. The topological polar surface area (TPSA) is 34.1 Å². The maximum Gasteiger partial charge on any atom is 0.155 e. The van der Waals surface area contributed by atoms with Crippen molar-refractivity contribution in [3.63, 3.8) is 0 Å². The molecule has 0 aromatic heterocycles. The molecule has 21 heavy (non-hydrogen) atoms. The summed E-state index contributed by atoms with van der Waals surface area (Å²) < 4.78 is 0. The predicted octanol–water partition coefficient (Wildman–Crippen LogP) is 6.31. The fraction of sp³-hybridized carbons (Fsp3) is 0.684. The molecule has 0 saturated carbocycles. The lowest BCUT2D eigenvalue weighted by atomic mass is 10.1. The lowest BCUT2D eigenvalue weighted by molar-refractivity contribution is -0.115. The van der Waals surface area contributed by atoms with Gasteiger partial charge in [0.25, 0.3) is 0 Å². The number of rotatable bonds is 0. The third kappa shape index (κ3) is 27.9. The highest BCUT2D eigenvalue weighted by Gasteiger charge is 1.99. The van der Waals surface area contributed by atoms with Gasteiger partial charge in [0.2, 0.25) is 0 Å². The summed E-state index contributed by atoms with van der Waals surface area (Å²) in [4.78, 5) is 20.5. The molecule has 2 rings (SSSR count). The third-order valence-electron chi connectivity index (χ3n) is 1.96. The second kappa shape index (κ2) is 31.3. The van der Waals surface area contributed by atoms with Crippen LogP contribution in [0.3, 0.4) is 0 Å². The van der Waals surface area contributed by atoms with E-state index in [2.05, 4.69) is 0 Å². The second-order valence-corrected chi connectivity index (χ2v) is 3.17. The molecule has 2 aliphatic carbocycles. The first-order valence-corrected chi connectivity index (χ1v) is 8.68. The Morgan fingerprint density at radius 2 is 1.00 bits per heavy atom. The molecule has 0 bridgehead atoms. The van der Waals surface area contributed by atoms with Crippen LogP contribution in [0, 0.1) is 0 Å². The van der Waals surface area contributed by atoms with Crippen molar-refractivity contribution in [1.29, 1.82) is 0 Å². The van der Waals surface area contributed by atoms with Gasteiger partial charge in [0.05, 0.1) is 0 Å². The molecule has 0 saturated heterocycles. The molecule has 0 atom stereocenters. The Morgan fingerprint density at radius 3 is 1.14 bits per heavy atom. The summed E-state index contributed by atoms with van der Waals surface area (Å²) in [6.07, 6.45) is 11.7. The Labute approximate surface area is 133 Å². The van der Waals surface area contributed by atoms with E-state index in [9.17, 15) is 9.59 Å². The fourth-order valence-corrected chi connectivity index (χ4v) is 1.22. The number of ketones is 2. The SMILES string of the molecule is CC.CC.CC.CC.O=C1C=CCC1.O=C1C=CCCC1. The Balaban J connectivity index is -0.0000000944.